The molecule has 2 rings (SSSR count). The minimum atomic E-state index is 0.171. The van der Waals surface area contributed by atoms with E-state index in [-0.39, 0.29) is 5.91 Å². The molecule has 0 N–H and O–H groups in total. The number of rotatable bonds is 2. The van der Waals surface area contributed by atoms with Crippen LogP contribution in [-0.2, 0) is 0 Å². The molecule has 1 aliphatic heterocycles. The molecule has 0 spiro atoms. The number of hydrogen-bond acceptors (Lipinski definition) is 2. The molecule has 1 atom stereocenters. The Morgan fingerprint density at radius 2 is 2.06 bits per heavy atom. The maximum Gasteiger partial charge on any atom is 0.254 e. The zero-order valence-electron chi connectivity index (χ0n) is 10.2. The highest BCUT2D eigenvalue weighted by atomic mass is 32.1. The van der Waals surface area contributed by atoms with Crippen LogP contribution in [0, 0.1) is 0 Å². The molecule has 1 heterocycles. The summed E-state index contributed by atoms with van der Waals surface area (Å²) in [6.07, 6.45) is 4.58. The van der Waals surface area contributed by atoms with Crippen LogP contribution in [0.5, 0.6) is 0 Å². The van der Waals surface area contributed by atoms with Crippen LogP contribution < -0.4 is 0 Å². The number of nitrogens with zero attached hydrogens (tertiary/aromatic N) is 1. The second-order valence-corrected chi connectivity index (χ2v) is 5.12. The van der Waals surface area contributed by atoms with Gasteiger partial charge in [0.1, 0.15) is 0 Å². The third-order valence-corrected chi connectivity index (χ3v) is 3.77. The molecule has 1 unspecified atom stereocenters. The largest absolute Gasteiger partial charge is 0.336 e. The van der Waals surface area contributed by atoms with Crippen molar-refractivity contribution in [1.29, 1.82) is 0 Å². The first-order chi connectivity index (χ1) is 8.22. The molecular formula is C14H19NOS. The Balaban J connectivity index is 2.15. The number of likely N-dealkylation sites (tertiary alicyclic amines) is 1. The van der Waals surface area contributed by atoms with Gasteiger partial charge < -0.3 is 4.90 Å². The van der Waals surface area contributed by atoms with E-state index in [1.54, 1.807) is 0 Å². The number of piperidine rings is 1. The molecule has 0 saturated carbocycles. The van der Waals surface area contributed by atoms with Gasteiger partial charge in [-0.1, -0.05) is 6.92 Å². The average Bonchev–Trinajstić information content (AvgIpc) is 2.39. The number of benzene rings is 1. The second-order valence-electron chi connectivity index (χ2n) is 4.60. The summed E-state index contributed by atoms with van der Waals surface area (Å²) in [5.41, 5.74) is 0.781. The van der Waals surface area contributed by atoms with Gasteiger partial charge in [-0.05, 0) is 49.9 Å². The number of hydrogen-bond donors (Lipinski definition) is 1. The monoisotopic (exact) mass is 249 g/mol. The van der Waals surface area contributed by atoms with E-state index in [1.165, 1.54) is 6.42 Å². The molecule has 0 radical (unpaired) electrons. The van der Waals surface area contributed by atoms with Gasteiger partial charge in [-0.15, -0.1) is 12.6 Å². The lowest BCUT2D eigenvalue weighted by atomic mass is 9.99. The van der Waals surface area contributed by atoms with Crippen LogP contribution >= 0.6 is 12.6 Å². The Labute approximate surface area is 108 Å². The summed E-state index contributed by atoms with van der Waals surface area (Å²) < 4.78 is 0. The average molecular weight is 249 g/mol. The Hall–Kier alpha value is -0.960. The fraction of sp³-hybridized carbons (Fsp3) is 0.500. The van der Waals surface area contributed by atoms with E-state index < -0.39 is 0 Å². The topological polar surface area (TPSA) is 20.3 Å². The third kappa shape index (κ3) is 2.83. The molecular weight excluding hydrogens is 230 g/mol. The maximum absolute atomic E-state index is 12.4. The van der Waals surface area contributed by atoms with Crippen molar-refractivity contribution in [1.82, 2.24) is 4.90 Å². The summed E-state index contributed by atoms with van der Waals surface area (Å²) in [4.78, 5) is 15.3. The first-order valence-electron chi connectivity index (χ1n) is 6.32. The molecule has 1 fully saturated rings. The van der Waals surface area contributed by atoms with Gasteiger partial charge in [0, 0.05) is 23.0 Å². The summed E-state index contributed by atoms with van der Waals surface area (Å²) in [5, 5.41) is 0. The minimum absolute atomic E-state index is 0.171. The van der Waals surface area contributed by atoms with Crippen LogP contribution in [0.3, 0.4) is 0 Å². The second kappa shape index (κ2) is 5.58. The molecule has 1 saturated heterocycles. The Morgan fingerprint density at radius 1 is 1.35 bits per heavy atom. The summed E-state index contributed by atoms with van der Waals surface area (Å²) in [7, 11) is 0. The predicted molar refractivity (Wildman–Crippen MR) is 72.7 cm³/mol. The van der Waals surface area contributed by atoms with Crippen molar-refractivity contribution in [2.75, 3.05) is 6.54 Å². The van der Waals surface area contributed by atoms with Crippen molar-refractivity contribution in [2.24, 2.45) is 0 Å². The maximum atomic E-state index is 12.4. The van der Waals surface area contributed by atoms with Gasteiger partial charge in [-0.3, -0.25) is 4.79 Å². The molecule has 1 aliphatic rings. The molecule has 0 bridgehead atoms. The quantitative estimate of drug-likeness (QED) is 0.797. The van der Waals surface area contributed by atoms with Crippen LogP contribution in [0.2, 0.25) is 0 Å². The summed E-state index contributed by atoms with van der Waals surface area (Å²) in [6.45, 7) is 3.06. The number of thiol groups is 1. The van der Waals surface area contributed by atoms with Crippen molar-refractivity contribution >= 4 is 18.5 Å². The Kier molecular flexibility index (Phi) is 4.11. The van der Waals surface area contributed by atoms with Crippen LogP contribution in [0.15, 0.2) is 29.2 Å². The smallest absolute Gasteiger partial charge is 0.254 e. The van der Waals surface area contributed by atoms with Gasteiger partial charge in [-0.2, -0.15) is 0 Å². The van der Waals surface area contributed by atoms with Crippen LogP contribution in [0.1, 0.15) is 43.0 Å². The van der Waals surface area contributed by atoms with E-state index >= 15 is 0 Å². The molecule has 92 valence electrons. The molecule has 2 nitrogen and oxygen atoms in total. The van der Waals surface area contributed by atoms with E-state index in [1.807, 2.05) is 29.2 Å². The Bertz CT molecular complexity index is 388. The van der Waals surface area contributed by atoms with Crippen LogP contribution in [0.4, 0.5) is 0 Å². The zero-order valence-corrected chi connectivity index (χ0v) is 11.1. The fourth-order valence-corrected chi connectivity index (χ4v) is 2.61. The van der Waals surface area contributed by atoms with Gasteiger partial charge in [0.15, 0.2) is 0 Å². The number of carbonyl (C=O) groups is 1. The lowest BCUT2D eigenvalue weighted by Crippen LogP contribution is -2.43. The lowest BCUT2D eigenvalue weighted by Gasteiger charge is -2.35. The minimum Gasteiger partial charge on any atom is -0.336 e. The van der Waals surface area contributed by atoms with E-state index in [2.05, 4.69) is 19.6 Å². The Morgan fingerprint density at radius 3 is 2.71 bits per heavy atom. The van der Waals surface area contributed by atoms with E-state index in [4.69, 9.17) is 0 Å². The predicted octanol–water partition coefficient (Wildman–Crippen LogP) is 3.38. The SMILES string of the molecule is CCC1CCCCN1C(=O)c1ccc(S)cc1. The lowest BCUT2D eigenvalue weighted by molar-refractivity contribution is 0.0608. The highest BCUT2D eigenvalue weighted by Gasteiger charge is 2.25. The van der Waals surface area contributed by atoms with Crippen molar-refractivity contribution in [2.45, 2.75) is 43.5 Å². The molecule has 3 heteroatoms. The first kappa shape index (κ1) is 12.5. The van der Waals surface area contributed by atoms with Crippen molar-refractivity contribution in [3.8, 4) is 0 Å². The summed E-state index contributed by atoms with van der Waals surface area (Å²) in [5.74, 6) is 0.171. The molecule has 0 aromatic heterocycles. The van der Waals surface area contributed by atoms with Crippen molar-refractivity contribution in [3.05, 3.63) is 29.8 Å². The van der Waals surface area contributed by atoms with E-state index in [0.29, 0.717) is 6.04 Å². The summed E-state index contributed by atoms with van der Waals surface area (Å²) >= 11 is 4.24. The summed E-state index contributed by atoms with van der Waals surface area (Å²) in [6, 6.07) is 7.91. The van der Waals surface area contributed by atoms with Crippen LogP contribution in [-0.4, -0.2) is 23.4 Å². The van der Waals surface area contributed by atoms with Gasteiger partial charge in [-0.25, -0.2) is 0 Å². The molecule has 1 amide bonds. The molecule has 1 aromatic carbocycles. The number of amides is 1. The van der Waals surface area contributed by atoms with E-state index in [9.17, 15) is 4.79 Å². The number of carbonyl (C=O) groups excluding carboxylic acids is 1. The van der Waals surface area contributed by atoms with E-state index in [0.717, 1.165) is 36.3 Å². The highest BCUT2D eigenvalue weighted by Crippen LogP contribution is 2.22. The molecule has 0 aliphatic carbocycles. The van der Waals surface area contributed by atoms with Crippen molar-refractivity contribution < 1.29 is 4.79 Å². The fourth-order valence-electron chi connectivity index (χ4n) is 2.46. The van der Waals surface area contributed by atoms with Gasteiger partial charge in [0.2, 0.25) is 0 Å². The van der Waals surface area contributed by atoms with Gasteiger partial charge in [0.25, 0.3) is 5.91 Å². The molecule has 1 aromatic rings. The zero-order chi connectivity index (χ0) is 12.3. The van der Waals surface area contributed by atoms with Gasteiger partial charge >= 0.3 is 0 Å². The first-order valence-corrected chi connectivity index (χ1v) is 6.77. The van der Waals surface area contributed by atoms with Crippen LogP contribution in [0.25, 0.3) is 0 Å². The van der Waals surface area contributed by atoms with Gasteiger partial charge in [0.05, 0.1) is 0 Å². The van der Waals surface area contributed by atoms with Crippen molar-refractivity contribution in [3.63, 3.8) is 0 Å². The normalized spacial score (nSPS) is 20.4. The third-order valence-electron chi connectivity index (χ3n) is 3.47. The highest BCUT2D eigenvalue weighted by molar-refractivity contribution is 7.80. The standard InChI is InChI=1S/C14H19NOS/c1-2-12-5-3-4-10-15(12)14(16)11-6-8-13(17)9-7-11/h6-9,12,17H,2-5,10H2,1H3. The molecule has 17 heavy (non-hydrogen) atoms.